The third-order valence-electron chi connectivity index (χ3n) is 6.06. The molecule has 1 aliphatic carbocycles. The monoisotopic (exact) mass is 463 g/mol. The predicted molar refractivity (Wildman–Crippen MR) is 128 cm³/mol. The number of amides is 1. The molecule has 5 nitrogen and oxygen atoms in total. The van der Waals surface area contributed by atoms with Gasteiger partial charge in [0.15, 0.2) is 0 Å². The van der Waals surface area contributed by atoms with Crippen LogP contribution in [0.5, 0.6) is 0 Å². The molecule has 0 radical (unpaired) electrons. The molecule has 6 heteroatoms. The van der Waals surface area contributed by atoms with Gasteiger partial charge in [-0.25, -0.2) is 9.59 Å². The Morgan fingerprint density at radius 3 is 2.00 bits per heavy atom. The van der Waals surface area contributed by atoms with E-state index in [1.165, 1.54) is 4.90 Å². The fourth-order valence-electron chi connectivity index (χ4n) is 4.52. The molecule has 0 saturated heterocycles. The molecule has 1 unspecified atom stereocenters. The van der Waals surface area contributed by atoms with Crippen molar-refractivity contribution in [3.63, 3.8) is 0 Å². The largest absolute Gasteiger partial charge is 0.480 e. The average molecular weight is 464 g/mol. The highest BCUT2D eigenvalue weighted by molar-refractivity contribution is 6.30. The summed E-state index contributed by atoms with van der Waals surface area (Å²) in [5, 5.41) is 10.4. The summed E-state index contributed by atoms with van der Waals surface area (Å²) in [7, 11) is 0. The lowest BCUT2D eigenvalue weighted by molar-refractivity contribution is -0.144. The number of benzene rings is 3. The van der Waals surface area contributed by atoms with Gasteiger partial charge in [-0.05, 0) is 45.9 Å². The highest BCUT2D eigenvalue weighted by Crippen LogP contribution is 2.44. The third kappa shape index (κ3) is 4.74. The van der Waals surface area contributed by atoms with Gasteiger partial charge in [0.25, 0.3) is 0 Å². The second-order valence-corrected chi connectivity index (χ2v) is 9.02. The molecule has 3 aromatic rings. The van der Waals surface area contributed by atoms with Crippen LogP contribution in [-0.4, -0.2) is 34.7 Å². The first-order chi connectivity index (χ1) is 15.9. The lowest BCUT2D eigenvalue weighted by Gasteiger charge is -2.31. The average Bonchev–Trinajstić information content (AvgIpc) is 3.11. The van der Waals surface area contributed by atoms with Crippen LogP contribution in [0.2, 0.25) is 5.02 Å². The van der Waals surface area contributed by atoms with E-state index in [4.69, 9.17) is 16.3 Å². The van der Waals surface area contributed by atoms with Crippen molar-refractivity contribution in [3.8, 4) is 11.1 Å². The van der Waals surface area contributed by atoms with Gasteiger partial charge in [-0.2, -0.15) is 0 Å². The van der Waals surface area contributed by atoms with Crippen molar-refractivity contribution in [2.24, 2.45) is 5.92 Å². The summed E-state index contributed by atoms with van der Waals surface area (Å²) >= 11 is 5.98. The first-order valence-electron chi connectivity index (χ1n) is 11.0. The number of fused-ring (bicyclic) bond motifs is 3. The van der Waals surface area contributed by atoms with Crippen molar-refractivity contribution in [1.29, 1.82) is 0 Å². The van der Waals surface area contributed by atoms with E-state index in [0.29, 0.717) is 5.02 Å². The van der Waals surface area contributed by atoms with Gasteiger partial charge in [0, 0.05) is 17.5 Å². The fourth-order valence-corrected chi connectivity index (χ4v) is 4.64. The quantitative estimate of drug-likeness (QED) is 0.453. The number of carbonyl (C=O) groups excluding carboxylic acids is 1. The van der Waals surface area contributed by atoms with Crippen molar-refractivity contribution in [2.45, 2.75) is 32.4 Å². The summed E-state index contributed by atoms with van der Waals surface area (Å²) in [5.74, 6) is -1.45. The van der Waals surface area contributed by atoms with Gasteiger partial charge in [-0.3, -0.25) is 4.90 Å². The highest BCUT2D eigenvalue weighted by atomic mass is 35.5. The second-order valence-electron chi connectivity index (χ2n) is 8.59. The molecule has 3 aromatic carbocycles. The van der Waals surface area contributed by atoms with Crippen LogP contribution in [-0.2, 0) is 16.1 Å². The molecule has 0 bridgehead atoms. The van der Waals surface area contributed by atoms with Crippen LogP contribution in [0.3, 0.4) is 0 Å². The first-order valence-corrected chi connectivity index (χ1v) is 11.3. The maximum absolute atomic E-state index is 13.3. The molecule has 1 N–H and O–H groups in total. The summed E-state index contributed by atoms with van der Waals surface area (Å²) in [5.41, 5.74) is 5.26. The molecule has 0 aromatic heterocycles. The number of nitrogens with zero attached hydrogens (tertiary/aromatic N) is 1. The summed E-state index contributed by atoms with van der Waals surface area (Å²) in [4.78, 5) is 26.6. The number of hydrogen-bond acceptors (Lipinski definition) is 3. The third-order valence-corrected chi connectivity index (χ3v) is 6.31. The fraction of sp³-hybridized carbons (Fsp3) is 0.259. The summed E-state index contributed by atoms with van der Waals surface area (Å²) in [6.45, 7) is 3.81. The molecule has 4 rings (SSSR count). The molecular formula is C27H26ClNO4. The van der Waals surface area contributed by atoms with Gasteiger partial charge < -0.3 is 9.84 Å². The molecule has 0 heterocycles. The van der Waals surface area contributed by atoms with Crippen LogP contribution in [0.15, 0.2) is 72.8 Å². The van der Waals surface area contributed by atoms with E-state index in [1.807, 2.05) is 36.4 Å². The zero-order valence-electron chi connectivity index (χ0n) is 18.6. The second kappa shape index (κ2) is 9.67. The Morgan fingerprint density at radius 2 is 1.48 bits per heavy atom. The zero-order valence-corrected chi connectivity index (χ0v) is 19.3. The van der Waals surface area contributed by atoms with E-state index < -0.39 is 18.1 Å². The Labute approximate surface area is 198 Å². The van der Waals surface area contributed by atoms with Gasteiger partial charge in [0.2, 0.25) is 0 Å². The van der Waals surface area contributed by atoms with E-state index in [9.17, 15) is 14.7 Å². The molecule has 33 heavy (non-hydrogen) atoms. The number of ether oxygens (including phenoxy) is 1. The Balaban J connectivity index is 1.58. The van der Waals surface area contributed by atoms with Gasteiger partial charge >= 0.3 is 12.1 Å². The Morgan fingerprint density at radius 1 is 0.939 bits per heavy atom. The van der Waals surface area contributed by atoms with Crippen molar-refractivity contribution in [2.75, 3.05) is 6.61 Å². The van der Waals surface area contributed by atoms with Crippen LogP contribution >= 0.6 is 11.6 Å². The molecule has 1 aliphatic rings. The highest BCUT2D eigenvalue weighted by Gasteiger charge is 2.35. The number of rotatable bonds is 7. The van der Waals surface area contributed by atoms with Crippen LogP contribution in [0, 0.1) is 5.92 Å². The number of hydrogen-bond donors (Lipinski definition) is 1. The van der Waals surface area contributed by atoms with Crippen LogP contribution in [0.4, 0.5) is 4.79 Å². The smallest absolute Gasteiger partial charge is 0.410 e. The summed E-state index contributed by atoms with van der Waals surface area (Å²) in [6, 6.07) is 22.2. The maximum Gasteiger partial charge on any atom is 0.410 e. The van der Waals surface area contributed by atoms with E-state index in [-0.39, 0.29) is 25.0 Å². The minimum absolute atomic E-state index is 0.0962. The number of aliphatic carboxylic acids is 1. The first kappa shape index (κ1) is 22.9. The Hall–Kier alpha value is -3.31. The van der Waals surface area contributed by atoms with E-state index in [1.54, 1.807) is 38.1 Å². The standard InChI is InChI=1S/C27H26ClNO4/c1-17(2)25(26(30)31)29(15-18-11-13-19(28)14-12-18)27(32)33-16-24-22-9-5-3-7-20(22)21-8-4-6-10-23(21)24/h3-14,17,24-25H,15-16H2,1-2H3,(H,30,31). The van der Waals surface area contributed by atoms with Gasteiger partial charge in [0.1, 0.15) is 12.6 Å². The summed E-state index contributed by atoms with van der Waals surface area (Å²) in [6.07, 6.45) is -0.645. The minimum atomic E-state index is -1.06. The molecule has 0 aliphatic heterocycles. The summed E-state index contributed by atoms with van der Waals surface area (Å²) < 4.78 is 5.78. The van der Waals surface area contributed by atoms with Crippen LogP contribution in [0.25, 0.3) is 11.1 Å². The predicted octanol–water partition coefficient (Wildman–Crippen LogP) is 6.20. The van der Waals surface area contributed by atoms with Crippen molar-refractivity contribution >= 4 is 23.7 Å². The van der Waals surface area contributed by atoms with Crippen LogP contribution < -0.4 is 0 Å². The van der Waals surface area contributed by atoms with E-state index >= 15 is 0 Å². The van der Waals surface area contributed by atoms with E-state index in [0.717, 1.165) is 27.8 Å². The maximum atomic E-state index is 13.3. The number of carboxylic acids is 1. The zero-order chi connectivity index (χ0) is 23.5. The number of carboxylic acid groups (broad SMARTS) is 1. The lowest BCUT2D eigenvalue weighted by Crippen LogP contribution is -2.48. The molecule has 0 spiro atoms. The van der Waals surface area contributed by atoms with Crippen LogP contribution in [0.1, 0.15) is 36.5 Å². The van der Waals surface area contributed by atoms with Crippen molar-refractivity contribution in [1.82, 2.24) is 4.90 Å². The lowest BCUT2D eigenvalue weighted by atomic mass is 9.98. The molecular weight excluding hydrogens is 438 g/mol. The number of carbonyl (C=O) groups is 2. The molecule has 1 amide bonds. The minimum Gasteiger partial charge on any atom is -0.480 e. The van der Waals surface area contributed by atoms with E-state index in [2.05, 4.69) is 12.1 Å². The van der Waals surface area contributed by atoms with Crippen molar-refractivity contribution < 1.29 is 19.4 Å². The molecule has 0 fully saturated rings. The Kier molecular flexibility index (Phi) is 6.70. The van der Waals surface area contributed by atoms with Gasteiger partial charge in [0.05, 0.1) is 0 Å². The molecule has 0 saturated carbocycles. The molecule has 170 valence electrons. The topological polar surface area (TPSA) is 66.8 Å². The van der Waals surface area contributed by atoms with Crippen molar-refractivity contribution in [3.05, 3.63) is 94.5 Å². The SMILES string of the molecule is CC(C)C(C(=O)O)N(Cc1ccc(Cl)cc1)C(=O)OCC1c2ccccc2-c2ccccc21. The van der Waals surface area contributed by atoms with Gasteiger partial charge in [-0.15, -0.1) is 0 Å². The van der Waals surface area contributed by atoms with Gasteiger partial charge in [-0.1, -0.05) is 86.1 Å². The number of halogens is 1. The Bertz CT molecular complexity index is 1110. The normalized spacial score (nSPS) is 13.3. The molecule has 1 atom stereocenters.